The molecule has 0 unspecified atom stereocenters. The molecule has 2 heterocycles. The molecule has 9 aromatic rings. The molecule has 0 atom stereocenters. The van der Waals surface area contributed by atoms with Gasteiger partial charge in [0.2, 0.25) is 0 Å². The molecule has 0 amide bonds. The summed E-state index contributed by atoms with van der Waals surface area (Å²) in [7, 11) is 0. The maximum atomic E-state index is 9.26. The molecule has 49 heavy (non-hydrogen) atoms. The molecule has 0 spiro atoms. The normalized spacial score (nSPS) is 14.4. The van der Waals surface area contributed by atoms with E-state index < -0.39 is 54.4 Å². The van der Waals surface area contributed by atoms with Crippen LogP contribution in [0.3, 0.4) is 0 Å². The molecule has 230 valence electrons. The first kappa shape index (κ1) is 19.6. The molecular formula is C45H29N3S. The van der Waals surface area contributed by atoms with E-state index in [2.05, 4.69) is 0 Å². The summed E-state index contributed by atoms with van der Waals surface area (Å²) in [5, 5.41) is 0.00628. The van der Waals surface area contributed by atoms with E-state index in [-0.39, 0.29) is 66.4 Å². The van der Waals surface area contributed by atoms with Crippen LogP contribution in [0.5, 0.6) is 0 Å². The fourth-order valence-corrected chi connectivity index (χ4v) is 6.57. The first-order chi connectivity index (χ1) is 28.8. The maximum absolute atomic E-state index is 9.26. The molecule has 0 radical (unpaired) electrons. The smallest absolute Gasteiger partial charge is 0.164 e. The van der Waals surface area contributed by atoms with Gasteiger partial charge in [0, 0.05) is 36.9 Å². The Balaban J connectivity index is 1.23. The lowest BCUT2D eigenvalue weighted by atomic mass is 10.0. The molecule has 0 N–H and O–H groups in total. The third kappa shape index (κ3) is 5.69. The number of aromatic nitrogens is 3. The topological polar surface area (TPSA) is 38.7 Å². The summed E-state index contributed by atoms with van der Waals surface area (Å²) in [5.74, 6) is 0.333. The molecule has 0 aliphatic rings. The Bertz CT molecular complexity index is 3060. The van der Waals surface area contributed by atoms with Crippen molar-refractivity contribution in [3.05, 3.63) is 176 Å². The minimum absolute atomic E-state index is 0.00790. The van der Waals surface area contributed by atoms with Crippen molar-refractivity contribution in [2.75, 3.05) is 0 Å². The molecule has 2 aromatic heterocycles. The summed E-state index contributed by atoms with van der Waals surface area (Å²) in [5.41, 5.74) is 4.28. The highest BCUT2D eigenvalue weighted by molar-refractivity contribution is 7.25. The van der Waals surface area contributed by atoms with Gasteiger partial charge in [-0.3, -0.25) is 0 Å². The predicted molar refractivity (Wildman–Crippen MR) is 205 cm³/mol. The van der Waals surface area contributed by atoms with E-state index in [4.69, 9.17) is 23.2 Å². The van der Waals surface area contributed by atoms with Crippen molar-refractivity contribution in [3.63, 3.8) is 0 Å². The van der Waals surface area contributed by atoms with Crippen molar-refractivity contribution in [1.29, 1.82) is 0 Å². The zero-order chi connectivity index (χ0) is 42.1. The number of nitrogens with zero attached hydrogens (tertiary/aromatic N) is 3. The summed E-state index contributed by atoms with van der Waals surface area (Å²) in [6, 6.07) is 29.5. The first-order valence-electron chi connectivity index (χ1n) is 21.0. The summed E-state index contributed by atoms with van der Waals surface area (Å²) in [4.78, 5) is 14.3. The van der Waals surface area contributed by atoms with Gasteiger partial charge in [0.1, 0.15) is 0 Å². The van der Waals surface area contributed by atoms with Gasteiger partial charge in [-0.2, -0.15) is 0 Å². The van der Waals surface area contributed by atoms with E-state index in [1.165, 1.54) is 0 Å². The first-order valence-corrected chi connectivity index (χ1v) is 16.3. The van der Waals surface area contributed by atoms with Crippen LogP contribution < -0.4 is 0 Å². The third-order valence-electron chi connectivity index (χ3n) is 8.12. The van der Waals surface area contributed by atoms with Crippen molar-refractivity contribution in [1.82, 2.24) is 15.0 Å². The summed E-state index contributed by atoms with van der Waals surface area (Å²) in [6.45, 7) is 0. The standard InChI is InChI=1S/C45H29N3S/c1-3-9-30(10-4-1)32-15-21-35(22-16-32)43-46-44(36-23-17-33(18-24-36)31-11-5-2-6-12-31)48-45(47-43)37-25-19-34(20-26-37)38-27-28-40-39-13-7-8-14-41(39)49-42(40)29-38/h1-29H/i7D,8D,13D,14D,19D,20D,25D,26D,27D,28D,29D. The van der Waals surface area contributed by atoms with E-state index in [1.54, 1.807) is 0 Å². The zero-order valence-corrected chi connectivity index (χ0v) is 26.5. The number of hydrogen-bond donors (Lipinski definition) is 0. The number of benzene rings is 7. The number of hydrogen-bond acceptors (Lipinski definition) is 4. The van der Waals surface area contributed by atoms with E-state index in [0.29, 0.717) is 11.1 Å². The van der Waals surface area contributed by atoms with Gasteiger partial charge in [-0.1, -0.05) is 164 Å². The van der Waals surface area contributed by atoms with Crippen molar-refractivity contribution in [2.24, 2.45) is 0 Å². The van der Waals surface area contributed by atoms with Crippen LogP contribution >= 0.6 is 11.3 Å². The molecule has 0 fully saturated rings. The van der Waals surface area contributed by atoms with E-state index in [0.717, 1.165) is 33.6 Å². The molecule has 4 heteroatoms. The fraction of sp³-hybridized carbons (Fsp3) is 0. The zero-order valence-electron chi connectivity index (χ0n) is 36.6. The van der Waals surface area contributed by atoms with Crippen molar-refractivity contribution in [3.8, 4) is 67.5 Å². The van der Waals surface area contributed by atoms with Crippen LogP contribution in [0.4, 0.5) is 0 Å². The van der Waals surface area contributed by atoms with Crippen LogP contribution in [-0.4, -0.2) is 15.0 Å². The van der Waals surface area contributed by atoms with E-state index >= 15 is 0 Å². The molecule has 9 rings (SSSR count). The summed E-state index contributed by atoms with van der Waals surface area (Å²) < 4.78 is 97.6. The molecule has 0 saturated heterocycles. The third-order valence-corrected chi connectivity index (χ3v) is 9.14. The van der Waals surface area contributed by atoms with Gasteiger partial charge in [0.15, 0.2) is 17.5 Å². The minimum Gasteiger partial charge on any atom is -0.208 e. The van der Waals surface area contributed by atoms with Gasteiger partial charge in [-0.05, 0) is 45.5 Å². The highest BCUT2D eigenvalue weighted by Crippen LogP contribution is 2.37. The monoisotopic (exact) mass is 654 g/mol. The maximum Gasteiger partial charge on any atom is 0.164 e. The molecule has 7 aromatic carbocycles. The quantitative estimate of drug-likeness (QED) is 0.179. The van der Waals surface area contributed by atoms with Crippen LogP contribution in [-0.2, 0) is 0 Å². The Kier molecular flexibility index (Phi) is 4.96. The Morgan fingerprint density at radius 2 is 0.776 bits per heavy atom. The van der Waals surface area contributed by atoms with Crippen LogP contribution in [0.1, 0.15) is 15.1 Å². The second kappa shape index (κ2) is 12.4. The van der Waals surface area contributed by atoms with Gasteiger partial charge >= 0.3 is 0 Å². The van der Waals surface area contributed by atoms with Gasteiger partial charge in [0.25, 0.3) is 0 Å². The SMILES string of the molecule is [2H]c1c([2H])c(-c2c([2H])c([2H])c3c(sc4c([2H])c([2H])c([2H])c([2H])c43)c2[2H])c([2H])c([2H])c1-c1nc(-c2ccc(-c3ccccc3)cc2)nc(-c2ccc(-c3ccccc3)cc2)n1. The van der Waals surface area contributed by atoms with Crippen LogP contribution in [0.15, 0.2) is 176 Å². The summed E-state index contributed by atoms with van der Waals surface area (Å²) >= 11 is 0.857. The number of rotatable bonds is 6. The van der Waals surface area contributed by atoms with E-state index in [1.807, 2.05) is 109 Å². The lowest BCUT2D eigenvalue weighted by Gasteiger charge is -2.10. The van der Waals surface area contributed by atoms with Crippen molar-refractivity contribution >= 4 is 31.5 Å². The molecule has 0 saturated carbocycles. The highest BCUT2D eigenvalue weighted by Gasteiger charge is 2.14. The van der Waals surface area contributed by atoms with Crippen LogP contribution in [0, 0.1) is 0 Å². The lowest BCUT2D eigenvalue weighted by Crippen LogP contribution is -2.00. The predicted octanol–water partition coefficient (Wildman–Crippen LogP) is 12.2. The Labute approximate surface area is 304 Å². The van der Waals surface area contributed by atoms with Gasteiger partial charge in [-0.15, -0.1) is 11.3 Å². The highest BCUT2D eigenvalue weighted by atomic mass is 32.1. The van der Waals surface area contributed by atoms with Crippen LogP contribution in [0.2, 0.25) is 0 Å². The average Bonchev–Trinajstić information content (AvgIpc) is 3.70. The minimum atomic E-state index is -0.583. The molecule has 3 nitrogen and oxygen atoms in total. The number of thiophene rings is 1. The van der Waals surface area contributed by atoms with Gasteiger partial charge in [-0.25, -0.2) is 15.0 Å². The average molecular weight is 655 g/mol. The lowest BCUT2D eigenvalue weighted by molar-refractivity contribution is 1.07. The Morgan fingerprint density at radius 3 is 1.35 bits per heavy atom. The van der Waals surface area contributed by atoms with Crippen molar-refractivity contribution < 1.29 is 15.1 Å². The van der Waals surface area contributed by atoms with E-state index in [9.17, 15) is 6.85 Å². The largest absolute Gasteiger partial charge is 0.208 e. The second-order valence-electron chi connectivity index (χ2n) is 11.2. The molecule has 0 bridgehead atoms. The van der Waals surface area contributed by atoms with Gasteiger partial charge < -0.3 is 0 Å². The van der Waals surface area contributed by atoms with Gasteiger partial charge in [0.05, 0.1) is 15.1 Å². The number of fused-ring (bicyclic) bond motifs is 3. The Morgan fingerprint density at radius 1 is 0.347 bits per heavy atom. The second-order valence-corrected chi connectivity index (χ2v) is 12.2. The molecular weight excluding hydrogens is 615 g/mol. The van der Waals surface area contributed by atoms with Crippen molar-refractivity contribution in [2.45, 2.75) is 0 Å². The molecule has 0 aliphatic heterocycles. The summed E-state index contributed by atoms with van der Waals surface area (Å²) in [6.07, 6.45) is 0. The Hall–Kier alpha value is -6.23. The molecule has 0 aliphatic carbocycles. The van der Waals surface area contributed by atoms with Crippen LogP contribution in [0.25, 0.3) is 87.7 Å². The fourth-order valence-electron chi connectivity index (χ4n) is 5.60.